The van der Waals surface area contributed by atoms with Gasteiger partial charge >= 0.3 is 0 Å². The summed E-state index contributed by atoms with van der Waals surface area (Å²) in [5.74, 6) is 3.34. The molecule has 0 unspecified atom stereocenters. The first-order valence-corrected chi connectivity index (χ1v) is 9.45. The van der Waals surface area contributed by atoms with Gasteiger partial charge in [0.25, 0.3) is 5.91 Å². The second-order valence-electron chi connectivity index (χ2n) is 6.87. The number of carbonyl (C=O) groups excluding carboxylic acids is 2. The van der Waals surface area contributed by atoms with Crippen molar-refractivity contribution in [2.24, 2.45) is 4.99 Å². The summed E-state index contributed by atoms with van der Waals surface area (Å²) in [7, 11) is 0. The summed E-state index contributed by atoms with van der Waals surface area (Å²) in [4.78, 5) is 32.5. The van der Waals surface area contributed by atoms with Gasteiger partial charge in [-0.25, -0.2) is 10.5 Å². The Kier molecular flexibility index (Phi) is 5.34. The van der Waals surface area contributed by atoms with Crippen LogP contribution in [0.4, 0.5) is 5.69 Å². The third kappa shape index (κ3) is 3.82. The van der Waals surface area contributed by atoms with E-state index in [0.29, 0.717) is 35.0 Å². The first-order valence-electron chi connectivity index (χ1n) is 9.45. The molecule has 0 fully saturated rings. The van der Waals surface area contributed by atoms with Gasteiger partial charge in [-0.3, -0.25) is 19.7 Å². The van der Waals surface area contributed by atoms with Gasteiger partial charge in [-0.15, -0.1) is 0 Å². The summed E-state index contributed by atoms with van der Waals surface area (Å²) in [5.41, 5.74) is 4.08. The predicted molar refractivity (Wildman–Crippen MR) is 111 cm³/mol. The van der Waals surface area contributed by atoms with Crippen molar-refractivity contribution in [1.82, 2.24) is 10.4 Å². The molecule has 2 aliphatic heterocycles. The number of nitrogens with one attached hydrogen (secondary N) is 1. The van der Waals surface area contributed by atoms with Crippen molar-refractivity contribution in [3.8, 4) is 11.5 Å². The summed E-state index contributed by atoms with van der Waals surface area (Å²) in [5, 5.41) is 8.70. The molecule has 2 heterocycles. The number of nitrogens with zero attached hydrogens (tertiary/aromatic N) is 3. The number of allylic oxidation sites excluding steroid dienone is 1. The van der Waals surface area contributed by atoms with Crippen LogP contribution >= 0.6 is 0 Å². The monoisotopic (exact) mass is 404 g/mol. The number of rotatable bonds is 5. The van der Waals surface area contributed by atoms with Crippen LogP contribution < -0.4 is 15.1 Å². The highest BCUT2D eigenvalue weighted by Gasteiger charge is 2.29. The molecule has 8 nitrogen and oxygen atoms in total. The molecule has 30 heavy (non-hydrogen) atoms. The Morgan fingerprint density at radius 1 is 1.17 bits per heavy atom. The number of fused-ring (bicyclic) bond motifs is 2. The number of aliphatic imine (C=N–C) groups is 1. The van der Waals surface area contributed by atoms with Gasteiger partial charge in [0.15, 0.2) is 5.75 Å². The summed E-state index contributed by atoms with van der Waals surface area (Å²) in [6.07, 6.45) is 1.88. The molecule has 2 aromatic rings. The minimum absolute atomic E-state index is 0.103. The fourth-order valence-electron chi connectivity index (χ4n) is 3.30. The topological polar surface area (TPSA) is 94.5 Å². The van der Waals surface area contributed by atoms with E-state index < -0.39 is 5.91 Å². The number of hydrogen-bond acceptors (Lipinski definition) is 6. The minimum Gasteiger partial charge on any atom is -0.454 e. The van der Waals surface area contributed by atoms with Crippen molar-refractivity contribution in [2.75, 3.05) is 18.0 Å². The van der Waals surface area contributed by atoms with E-state index in [0.717, 1.165) is 5.70 Å². The van der Waals surface area contributed by atoms with Crippen LogP contribution in [0.15, 0.2) is 71.1 Å². The molecule has 0 aliphatic carbocycles. The van der Waals surface area contributed by atoms with Gasteiger partial charge < -0.3 is 9.64 Å². The quantitative estimate of drug-likeness (QED) is 0.590. The zero-order valence-corrected chi connectivity index (χ0v) is 16.3. The van der Waals surface area contributed by atoms with Crippen molar-refractivity contribution in [1.29, 1.82) is 0 Å². The van der Waals surface area contributed by atoms with Gasteiger partial charge in [0.1, 0.15) is 5.75 Å². The molecular formula is C22H20N4O4. The number of hydrogen-bond donors (Lipinski definition) is 2. The van der Waals surface area contributed by atoms with Crippen molar-refractivity contribution < 1.29 is 19.5 Å². The molecule has 0 atom stereocenters. The lowest BCUT2D eigenvalue weighted by atomic mass is 10.1. The lowest BCUT2D eigenvalue weighted by molar-refractivity contribution is -0.129. The average Bonchev–Trinajstić information content (AvgIpc) is 2.88. The Morgan fingerprint density at radius 2 is 1.90 bits per heavy atom. The molecule has 2 aromatic carbocycles. The Labute approximate surface area is 173 Å². The van der Waals surface area contributed by atoms with E-state index in [1.165, 1.54) is 0 Å². The molecule has 0 radical (unpaired) electrons. The first kappa shape index (κ1) is 19.4. The van der Waals surface area contributed by atoms with Crippen LogP contribution in [0.25, 0.3) is 0 Å². The Bertz CT molecular complexity index is 1100. The second kappa shape index (κ2) is 8.24. The van der Waals surface area contributed by atoms with Crippen molar-refractivity contribution in [3.63, 3.8) is 0 Å². The normalized spacial score (nSPS) is 14.8. The maximum absolute atomic E-state index is 13.3. The minimum atomic E-state index is -0.481. The molecule has 0 saturated carbocycles. The fraction of sp³-hybridized carbons (Fsp3) is 0.182. The summed E-state index contributed by atoms with van der Waals surface area (Å²) in [6.45, 7) is 2.38. The Balaban J connectivity index is 1.65. The van der Waals surface area contributed by atoms with E-state index in [1.54, 1.807) is 34.8 Å². The predicted octanol–water partition coefficient (Wildman–Crippen LogP) is 3.07. The van der Waals surface area contributed by atoms with Crippen molar-refractivity contribution in [3.05, 3.63) is 71.7 Å². The smallest absolute Gasteiger partial charge is 0.262 e. The highest BCUT2D eigenvalue weighted by Crippen LogP contribution is 2.39. The third-order valence-electron chi connectivity index (χ3n) is 4.86. The average molecular weight is 404 g/mol. The molecule has 0 spiro atoms. The summed E-state index contributed by atoms with van der Waals surface area (Å²) >= 11 is 0. The van der Waals surface area contributed by atoms with Crippen LogP contribution in [0.3, 0.4) is 0 Å². The molecular weight excluding hydrogens is 384 g/mol. The van der Waals surface area contributed by atoms with Crippen molar-refractivity contribution in [2.45, 2.75) is 13.3 Å². The number of ether oxygens (including phenoxy) is 1. The number of hydroxylamine groups is 1. The van der Waals surface area contributed by atoms with E-state index >= 15 is 0 Å². The standard InChI is InChI=1S/C22H20N4O4/c1-15-12-23-16(13-25(15)11-10-21(27)24-29)14-26-18-7-3-5-9-20(18)30-19-8-4-2-6-17(19)22(26)28/h2-9,13,29H,10-11,14H2,1H3,(H,24,27). The summed E-state index contributed by atoms with van der Waals surface area (Å²) in [6, 6.07) is 14.5. The fourth-order valence-corrected chi connectivity index (χ4v) is 3.30. The van der Waals surface area contributed by atoms with Gasteiger partial charge in [0.2, 0.25) is 5.91 Å². The van der Waals surface area contributed by atoms with Crippen LogP contribution in [0.5, 0.6) is 11.5 Å². The Morgan fingerprint density at radius 3 is 2.70 bits per heavy atom. The number of amides is 2. The zero-order chi connectivity index (χ0) is 21.1. The van der Waals surface area contributed by atoms with Crippen LogP contribution in [-0.4, -0.2) is 40.9 Å². The molecule has 2 N–H and O–H groups in total. The molecule has 2 aliphatic rings. The van der Waals surface area contributed by atoms with E-state index in [9.17, 15) is 9.59 Å². The largest absolute Gasteiger partial charge is 0.454 e. The van der Waals surface area contributed by atoms with E-state index in [4.69, 9.17) is 9.94 Å². The van der Waals surface area contributed by atoms with Gasteiger partial charge in [-0.05, 0) is 31.2 Å². The molecule has 2 amide bonds. The highest BCUT2D eigenvalue weighted by molar-refractivity contribution is 6.09. The van der Waals surface area contributed by atoms with Gasteiger partial charge in [0, 0.05) is 25.0 Å². The third-order valence-corrected chi connectivity index (χ3v) is 4.86. The van der Waals surface area contributed by atoms with Gasteiger partial charge in [0.05, 0.1) is 29.2 Å². The second-order valence-corrected chi connectivity index (χ2v) is 6.87. The molecule has 0 saturated heterocycles. The number of para-hydroxylation sites is 3. The lowest BCUT2D eigenvalue weighted by Gasteiger charge is -2.26. The van der Waals surface area contributed by atoms with Crippen LogP contribution in [0, 0.1) is 0 Å². The molecule has 4 rings (SSSR count). The van der Waals surface area contributed by atoms with E-state index in [1.807, 2.05) is 42.2 Å². The number of anilines is 1. The number of benzene rings is 2. The molecule has 8 heteroatoms. The first-order chi connectivity index (χ1) is 14.6. The maximum Gasteiger partial charge on any atom is 0.262 e. The van der Waals surface area contributed by atoms with Gasteiger partial charge in [-0.1, -0.05) is 24.3 Å². The lowest BCUT2D eigenvalue weighted by Crippen LogP contribution is -2.33. The molecule has 152 valence electrons. The van der Waals surface area contributed by atoms with Gasteiger partial charge in [-0.2, -0.15) is 0 Å². The van der Waals surface area contributed by atoms with E-state index in [2.05, 4.69) is 10.9 Å². The van der Waals surface area contributed by atoms with E-state index in [-0.39, 0.29) is 18.9 Å². The molecule has 0 aromatic heterocycles. The van der Waals surface area contributed by atoms with Crippen LogP contribution in [-0.2, 0) is 4.79 Å². The Hall–Kier alpha value is -3.87. The van der Waals surface area contributed by atoms with Crippen molar-refractivity contribution >= 4 is 23.4 Å². The highest BCUT2D eigenvalue weighted by atomic mass is 16.5. The van der Waals surface area contributed by atoms with Crippen LogP contribution in [0.1, 0.15) is 23.7 Å². The molecule has 0 bridgehead atoms. The van der Waals surface area contributed by atoms with Crippen LogP contribution in [0.2, 0.25) is 0 Å². The number of carbonyl (C=O) groups is 2. The summed E-state index contributed by atoms with van der Waals surface area (Å²) < 4.78 is 6.00. The maximum atomic E-state index is 13.3. The zero-order valence-electron chi connectivity index (χ0n) is 16.3. The SMILES string of the molecule is CC1=C=NC(CN2C(=O)c3ccccc3Oc3ccccc32)=CN1CCC(=O)NO.